The van der Waals surface area contributed by atoms with Crippen molar-refractivity contribution in [2.24, 2.45) is 0 Å². The maximum Gasteiger partial charge on any atom is 1.00 e. The summed E-state index contributed by atoms with van der Waals surface area (Å²) >= 11 is 0. The van der Waals surface area contributed by atoms with Crippen LogP contribution in [0.15, 0.2) is 0 Å². The molecule has 0 unspecified atom stereocenters. The Morgan fingerprint density at radius 2 is 1.89 bits per heavy atom. The average molecular weight is 151 g/mol. The Morgan fingerprint density at radius 1 is 1.33 bits per heavy atom. The van der Waals surface area contributed by atoms with Crippen LogP contribution in [-0.4, -0.2) is 13.1 Å². The molecule has 1 heterocycles. The minimum atomic E-state index is 0. The summed E-state index contributed by atoms with van der Waals surface area (Å²) in [6.07, 6.45) is 3.93. The van der Waals surface area contributed by atoms with E-state index >= 15 is 0 Å². The zero-order valence-corrected chi connectivity index (χ0v) is 9.66. The zero-order chi connectivity index (χ0) is 5.82. The summed E-state index contributed by atoms with van der Waals surface area (Å²) in [5, 5.41) is 3.33. The third kappa shape index (κ3) is 4.12. The average Bonchev–Trinajstić information content (AvgIpc) is 1.90. The molecule has 0 radical (unpaired) electrons. The van der Waals surface area contributed by atoms with E-state index in [-0.39, 0.29) is 51.4 Å². The van der Waals surface area contributed by atoms with Gasteiger partial charge in [0.2, 0.25) is 0 Å². The predicted molar refractivity (Wildman–Crippen MR) is 35.6 cm³/mol. The first kappa shape index (κ1) is 10.6. The SMILES string of the molecule is CC[C-]1CCNCC1.[K+]. The predicted octanol–water partition coefficient (Wildman–Crippen LogP) is -1.64. The summed E-state index contributed by atoms with van der Waals surface area (Å²) in [5.41, 5.74) is 0. The Balaban J connectivity index is 0.000000640. The first-order valence-electron chi connectivity index (χ1n) is 3.47. The minimum Gasteiger partial charge on any atom is -0.322 e. The molecular weight excluding hydrogens is 137 g/mol. The summed E-state index contributed by atoms with van der Waals surface area (Å²) in [6, 6.07) is 0. The van der Waals surface area contributed by atoms with Gasteiger partial charge in [0, 0.05) is 0 Å². The Kier molecular flexibility index (Phi) is 7.44. The zero-order valence-electron chi connectivity index (χ0n) is 6.54. The second kappa shape index (κ2) is 6.32. The van der Waals surface area contributed by atoms with Crippen LogP contribution >= 0.6 is 0 Å². The molecule has 1 aliphatic heterocycles. The van der Waals surface area contributed by atoms with Gasteiger partial charge < -0.3 is 11.2 Å². The van der Waals surface area contributed by atoms with Crippen molar-refractivity contribution in [3.63, 3.8) is 0 Å². The topological polar surface area (TPSA) is 12.0 Å². The molecule has 1 aliphatic rings. The fraction of sp³-hybridized carbons (Fsp3) is 0.857. The molecule has 2 heteroatoms. The van der Waals surface area contributed by atoms with Gasteiger partial charge in [-0.15, -0.1) is 0 Å². The molecule has 0 saturated carbocycles. The van der Waals surface area contributed by atoms with Crippen molar-refractivity contribution in [1.82, 2.24) is 5.32 Å². The number of nitrogens with one attached hydrogen (secondary N) is 1. The molecule has 1 nitrogen and oxygen atoms in total. The van der Waals surface area contributed by atoms with Crippen LogP contribution in [0.2, 0.25) is 0 Å². The van der Waals surface area contributed by atoms with E-state index in [0.29, 0.717) is 0 Å². The third-order valence-electron chi connectivity index (χ3n) is 1.81. The van der Waals surface area contributed by atoms with E-state index in [0.717, 1.165) is 0 Å². The van der Waals surface area contributed by atoms with Crippen LogP contribution in [0.5, 0.6) is 0 Å². The first-order valence-corrected chi connectivity index (χ1v) is 3.47. The van der Waals surface area contributed by atoms with Crippen LogP contribution in [0, 0.1) is 5.92 Å². The maximum absolute atomic E-state index is 3.33. The smallest absolute Gasteiger partial charge is 0.322 e. The monoisotopic (exact) mass is 151 g/mol. The number of hydrogen-bond donors (Lipinski definition) is 1. The molecule has 1 saturated heterocycles. The van der Waals surface area contributed by atoms with Crippen LogP contribution in [0.25, 0.3) is 0 Å². The second-order valence-corrected chi connectivity index (χ2v) is 2.35. The van der Waals surface area contributed by atoms with Gasteiger partial charge in [-0.05, 0) is 13.1 Å². The van der Waals surface area contributed by atoms with Gasteiger partial charge in [-0.2, -0.15) is 19.3 Å². The van der Waals surface area contributed by atoms with Crippen molar-refractivity contribution in [2.75, 3.05) is 13.1 Å². The molecule has 1 N–H and O–H groups in total. The Labute approximate surface area is 100 Å². The van der Waals surface area contributed by atoms with E-state index < -0.39 is 0 Å². The van der Waals surface area contributed by atoms with Gasteiger partial charge in [0.25, 0.3) is 0 Å². The molecule has 9 heavy (non-hydrogen) atoms. The molecule has 0 bridgehead atoms. The number of rotatable bonds is 1. The summed E-state index contributed by atoms with van der Waals surface area (Å²) < 4.78 is 0. The molecule has 0 aromatic heterocycles. The van der Waals surface area contributed by atoms with Crippen molar-refractivity contribution < 1.29 is 51.4 Å². The fourth-order valence-electron chi connectivity index (χ4n) is 1.13. The van der Waals surface area contributed by atoms with Gasteiger partial charge in [-0.3, -0.25) is 0 Å². The summed E-state index contributed by atoms with van der Waals surface area (Å²) in [4.78, 5) is 0. The number of piperidine rings is 1. The third-order valence-corrected chi connectivity index (χ3v) is 1.81. The summed E-state index contributed by atoms with van der Waals surface area (Å²) in [5.74, 6) is 1.74. The molecular formula is C7H14KN. The Morgan fingerprint density at radius 3 is 2.22 bits per heavy atom. The van der Waals surface area contributed by atoms with Crippen molar-refractivity contribution in [1.29, 1.82) is 0 Å². The summed E-state index contributed by atoms with van der Waals surface area (Å²) in [6.45, 7) is 4.67. The molecule has 1 rings (SSSR count). The van der Waals surface area contributed by atoms with E-state index in [4.69, 9.17) is 0 Å². The van der Waals surface area contributed by atoms with E-state index in [2.05, 4.69) is 12.2 Å². The molecule has 0 spiro atoms. The molecule has 1 fully saturated rings. The van der Waals surface area contributed by atoms with Gasteiger partial charge in [-0.1, -0.05) is 6.92 Å². The quantitative estimate of drug-likeness (QED) is 0.350. The van der Waals surface area contributed by atoms with Gasteiger partial charge in [0.1, 0.15) is 0 Å². The van der Waals surface area contributed by atoms with Crippen LogP contribution in [0.3, 0.4) is 0 Å². The van der Waals surface area contributed by atoms with Crippen molar-refractivity contribution in [2.45, 2.75) is 26.2 Å². The first-order chi connectivity index (χ1) is 3.93. The van der Waals surface area contributed by atoms with Crippen LogP contribution in [-0.2, 0) is 0 Å². The van der Waals surface area contributed by atoms with Gasteiger partial charge in [0.05, 0.1) is 0 Å². The van der Waals surface area contributed by atoms with Crippen molar-refractivity contribution in [3.05, 3.63) is 5.92 Å². The molecule has 0 aromatic carbocycles. The summed E-state index contributed by atoms with van der Waals surface area (Å²) in [7, 11) is 0. The second-order valence-electron chi connectivity index (χ2n) is 2.35. The Bertz CT molecular complexity index is 59.9. The number of hydrogen-bond acceptors (Lipinski definition) is 1. The van der Waals surface area contributed by atoms with Crippen LogP contribution in [0.1, 0.15) is 26.2 Å². The van der Waals surface area contributed by atoms with E-state index in [9.17, 15) is 0 Å². The van der Waals surface area contributed by atoms with Gasteiger partial charge in [-0.25, -0.2) is 0 Å². The fourth-order valence-corrected chi connectivity index (χ4v) is 1.13. The molecule has 0 amide bonds. The molecule has 48 valence electrons. The van der Waals surface area contributed by atoms with Gasteiger partial charge >= 0.3 is 51.4 Å². The van der Waals surface area contributed by atoms with Gasteiger partial charge in [0.15, 0.2) is 0 Å². The van der Waals surface area contributed by atoms with Crippen LogP contribution < -0.4 is 56.7 Å². The largest absolute Gasteiger partial charge is 1.00 e. The van der Waals surface area contributed by atoms with Crippen molar-refractivity contribution in [3.8, 4) is 0 Å². The molecule has 0 atom stereocenters. The molecule has 0 aromatic rings. The molecule has 0 aliphatic carbocycles. The standard InChI is InChI=1S/C7H14N.K/c1-2-7-3-5-8-6-4-7;/h8H,2-6H2,1H3;/q-1;+1. The van der Waals surface area contributed by atoms with E-state index in [1.165, 1.54) is 32.4 Å². The van der Waals surface area contributed by atoms with Crippen molar-refractivity contribution >= 4 is 0 Å². The Hall–Kier alpha value is 1.60. The minimum absolute atomic E-state index is 0. The maximum atomic E-state index is 3.33. The van der Waals surface area contributed by atoms with E-state index in [1.54, 1.807) is 5.92 Å². The normalized spacial score (nSPS) is 21.0. The van der Waals surface area contributed by atoms with E-state index in [1.807, 2.05) is 0 Å². The van der Waals surface area contributed by atoms with Crippen LogP contribution in [0.4, 0.5) is 0 Å².